The van der Waals surface area contributed by atoms with Gasteiger partial charge in [0.15, 0.2) is 6.10 Å². The number of rotatable bonds is 45. The van der Waals surface area contributed by atoms with Gasteiger partial charge >= 0.3 is 25.7 Å². The Balaban J connectivity index is 4.90. The molecule has 66 heavy (non-hydrogen) atoms. The van der Waals surface area contributed by atoms with E-state index in [-0.39, 0.29) is 19.3 Å². The van der Waals surface area contributed by atoms with Gasteiger partial charge in [-0.25, -0.2) is 4.57 Å². The van der Waals surface area contributed by atoms with Gasteiger partial charge in [0, 0.05) is 19.3 Å². The Labute approximate surface area is 400 Å². The lowest BCUT2D eigenvalue weighted by atomic mass is 10.0. The molecule has 0 amide bonds. The highest BCUT2D eigenvalue weighted by Gasteiger charge is 2.28. The highest BCUT2D eigenvalue weighted by atomic mass is 31.2. The molecule has 0 aromatic carbocycles. The smallest absolute Gasteiger partial charge is 0.462 e. The number of aliphatic hydroxyl groups is 1. The van der Waals surface area contributed by atoms with Gasteiger partial charge in [0.2, 0.25) is 0 Å². The SMILES string of the molecule is CC/C=C\C/C=C\C/C=C\C/C=C\CCC(=O)OCC(COP(=O)(O)OCC(CO)OC(=O)CCCCCCCCCCCCCCC)OC(=O)CC/C=C\C/C=C\C/C=C\C/C=C\CC. The zero-order valence-electron chi connectivity index (χ0n) is 41.1. The molecule has 0 saturated carbocycles. The molecule has 0 aliphatic carbocycles. The van der Waals surface area contributed by atoms with Gasteiger partial charge < -0.3 is 24.2 Å². The van der Waals surface area contributed by atoms with E-state index >= 15 is 0 Å². The number of hydrogen-bond acceptors (Lipinski definition) is 10. The summed E-state index contributed by atoms with van der Waals surface area (Å²) < 4.78 is 39.1. The molecule has 0 rings (SSSR count). The number of phosphoric ester groups is 1. The van der Waals surface area contributed by atoms with Crippen LogP contribution in [0, 0.1) is 0 Å². The monoisotopic (exact) mass is 945 g/mol. The molecule has 3 atom stereocenters. The molecule has 0 radical (unpaired) electrons. The number of hydrogen-bond donors (Lipinski definition) is 2. The Morgan fingerprint density at radius 1 is 0.439 bits per heavy atom. The summed E-state index contributed by atoms with van der Waals surface area (Å²) in [7, 11) is -4.77. The first-order valence-corrected chi connectivity index (χ1v) is 26.6. The third-order valence-electron chi connectivity index (χ3n) is 10.0. The molecular weight excluding hydrogens is 856 g/mol. The van der Waals surface area contributed by atoms with Crippen molar-refractivity contribution in [1.29, 1.82) is 0 Å². The Morgan fingerprint density at radius 3 is 1.21 bits per heavy atom. The van der Waals surface area contributed by atoms with Gasteiger partial charge in [-0.1, -0.05) is 195 Å². The average Bonchev–Trinajstić information content (AvgIpc) is 3.30. The topological polar surface area (TPSA) is 155 Å². The standard InChI is InChI=1S/C54H89O11P/c1-4-7-10-13-16-19-22-25-28-31-34-37-40-43-52(56)61-47-51(65-54(58)45-42-39-36-33-30-27-24-21-18-15-12-9-6-3)49-63-66(59,60)62-48-50(46-55)64-53(57)44-41-38-35-32-29-26-23-20-17-14-11-8-5-2/h7,9-10,12,16,18-19,21,25,27-28,30,34,36-37,39,50-51,55H,4-6,8,11,13-15,17,20,22-24,26,29,31-33,35,38,40-49H2,1-3H3,(H,59,60)/b10-7-,12-9-,19-16-,21-18-,28-25-,30-27-,37-34-,39-36-. The minimum atomic E-state index is -4.77. The van der Waals surface area contributed by atoms with Crippen molar-refractivity contribution < 1.29 is 52.2 Å². The number of esters is 3. The van der Waals surface area contributed by atoms with Crippen LogP contribution in [-0.2, 0) is 42.2 Å². The number of allylic oxidation sites excluding steroid dienone is 16. The van der Waals surface area contributed by atoms with E-state index in [1.807, 2.05) is 30.4 Å². The maximum Gasteiger partial charge on any atom is 0.472 e. The van der Waals surface area contributed by atoms with E-state index in [1.54, 1.807) is 0 Å². The number of carbonyl (C=O) groups is 3. The fraction of sp³-hybridized carbons (Fsp3) is 0.648. The fourth-order valence-electron chi connectivity index (χ4n) is 6.26. The molecule has 0 aromatic rings. The molecule has 0 fully saturated rings. The highest BCUT2D eigenvalue weighted by Crippen LogP contribution is 2.43. The van der Waals surface area contributed by atoms with Gasteiger partial charge in [0.05, 0.1) is 19.8 Å². The summed E-state index contributed by atoms with van der Waals surface area (Å²) in [4.78, 5) is 48.1. The quantitative estimate of drug-likeness (QED) is 0.0197. The average molecular weight is 945 g/mol. The van der Waals surface area contributed by atoms with Gasteiger partial charge in [-0.15, -0.1) is 0 Å². The summed E-state index contributed by atoms with van der Waals surface area (Å²) in [5.41, 5.74) is 0. The maximum atomic E-state index is 12.8. The van der Waals surface area contributed by atoms with Gasteiger partial charge in [-0.2, -0.15) is 0 Å². The summed E-state index contributed by atoms with van der Waals surface area (Å²) in [6, 6.07) is 0. The Morgan fingerprint density at radius 2 is 0.788 bits per heavy atom. The van der Waals surface area contributed by atoms with Gasteiger partial charge in [0.1, 0.15) is 12.7 Å². The third kappa shape index (κ3) is 45.6. The first-order chi connectivity index (χ1) is 32.2. The number of unbranched alkanes of at least 4 members (excludes halogenated alkanes) is 12. The van der Waals surface area contributed by atoms with Crippen molar-refractivity contribution in [3.05, 3.63) is 97.2 Å². The van der Waals surface area contributed by atoms with Crippen LogP contribution >= 0.6 is 7.82 Å². The van der Waals surface area contributed by atoms with Crippen molar-refractivity contribution >= 4 is 25.7 Å². The molecule has 0 aliphatic heterocycles. The molecule has 12 heteroatoms. The lowest BCUT2D eigenvalue weighted by molar-refractivity contribution is -0.161. The molecule has 0 saturated heterocycles. The van der Waals surface area contributed by atoms with Crippen LogP contribution in [0.2, 0.25) is 0 Å². The third-order valence-corrected chi connectivity index (χ3v) is 11.0. The Hall–Kier alpha value is -3.60. The molecule has 2 N–H and O–H groups in total. The van der Waals surface area contributed by atoms with Crippen LogP contribution in [0.4, 0.5) is 0 Å². The predicted octanol–water partition coefficient (Wildman–Crippen LogP) is 14.1. The van der Waals surface area contributed by atoms with Crippen molar-refractivity contribution in [2.24, 2.45) is 0 Å². The van der Waals surface area contributed by atoms with E-state index in [9.17, 15) is 28.9 Å². The van der Waals surface area contributed by atoms with E-state index in [0.29, 0.717) is 25.7 Å². The number of phosphoric acid groups is 1. The lowest BCUT2D eigenvalue weighted by Crippen LogP contribution is -2.30. The lowest BCUT2D eigenvalue weighted by Gasteiger charge is -2.21. The first-order valence-electron chi connectivity index (χ1n) is 25.1. The van der Waals surface area contributed by atoms with Crippen molar-refractivity contribution in [2.45, 2.75) is 200 Å². The van der Waals surface area contributed by atoms with E-state index < -0.39 is 64.4 Å². The molecule has 376 valence electrons. The zero-order chi connectivity index (χ0) is 48.4. The largest absolute Gasteiger partial charge is 0.472 e. The van der Waals surface area contributed by atoms with Crippen molar-refractivity contribution in [3.63, 3.8) is 0 Å². The van der Waals surface area contributed by atoms with E-state index in [2.05, 4.69) is 87.6 Å². The number of aliphatic hydroxyl groups excluding tert-OH is 1. The van der Waals surface area contributed by atoms with Crippen LogP contribution < -0.4 is 0 Å². The molecular formula is C54H89O11P. The Bertz CT molecular complexity index is 1480. The maximum absolute atomic E-state index is 12.8. The summed E-state index contributed by atoms with van der Waals surface area (Å²) in [5, 5.41) is 9.76. The fourth-order valence-corrected chi connectivity index (χ4v) is 7.05. The van der Waals surface area contributed by atoms with Gasteiger partial charge in [0.25, 0.3) is 0 Å². The van der Waals surface area contributed by atoms with E-state index in [0.717, 1.165) is 64.2 Å². The van der Waals surface area contributed by atoms with Crippen LogP contribution in [0.15, 0.2) is 97.2 Å². The minimum Gasteiger partial charge on any atom is -0.462 e. The van der Waals surface area contributed by atoms with Crippen molar-refractivity contribution in [1.82, 2.24) is 0 Å². The van der Waals surface area contributed by atoms with Gasteiger partial charge in [-0.3, -0.25) is 23.4 Å². The first kappa shape index (κ1) is 62.4. The summed E-state index contributed by atoms with van der Waals surface area (Å²) in [6.07, 6.45) is 54.2. The van der Waals surface area contributed by atoms with Crippen LogP contribution in [-0.4, -0.2) is 66.5 Å². The second-order valence-corrected chi connectivity index (χ2v) is 17.7. The van der Waals surface area contributed by atoms with Crippen LogP contribution in [0.3, 0.4) is 0 Å². The van der Waals surface area contributed by atoms with Crippen LogP contribution in [0.1, 0.15) is 188 Å². The van der Waals surface area contributed by atoms with Crippen molar-refractivity contribution in [2.75, 3.05) is 26.4 Å². The summed E-state index contributed by atoms with van der Waals surface area (Å²) in [5.74, 6) is -1.67. The number of carbonyl (C=O) groups excluding carboxylic acids is 3. The molecule has 3 unspecified atom stereocenters. The zero-order valence-corrected chi connectivity index (χ0v) is 42.0. The van der Waals surface area contributed by atoms with Crippen molar-refractivity contribution in [3.8, 4) is 0 Å². The molecule has 11 nitrogen and oxygen atoms in total. The van der Waals surface area contributed by atoms with E-state index in [1.165, 1.54) is 57.8 Å². The molecule has 0 aromatic heterocycles. The highest BCUT2D eigenvalue weighted by molar-refractivity contribution is 7.47. The summed E-state index contributed by atoms with van der Waals surface area (Å²) >= 11 is 0. The predicted molar refractivity (Wildman–Crippen MR) is 270 cm³/mol. The summed E-state index contributed by atoms with van der Waals surface area (Å²) in [6.45, 7) is 4.21. The molecule has 0 spiro atoms. The minimum absolute atomic E-state index is 0.0284. The second kappa shape index (κ2) is 47.9. The van der Waals surface area contributed by atoms with Gasteiger partial charge in [-0.05, 0) is 70.6 Å². The molecule has 0 aliphatic rings. The van der Waals surface area contributed by atoms with Crippen LogP contribution in [0.5, 0.6) is 0 Å². The Kier molecular flexibility index (Phi) is 45.3. The molecule has 0 heterocycles. The normalized spacial score (nSPS) is 14.3. The molecule has 0 bridgehead atoms. The van der Waals surface area contributed by atoms with E-state index in [4.69, 9.17) is 23.3 Å². The second-order valence-electron chi connectivity index (χ2n) is 16.2. The number of ether oxygens (including phenoxy) is 3. The van der Waals surface area contributed by atoms with Crippen LogP contribution in [0.25, 0.3) is 0 Å².